The van der Waals surface area contributed by atoms with Crippen molar-refractivity contribution in [3.8, 4) is 0 Å². The van der Waals surface area contributed by atoms with Crippen molar-refractivity contribution in [1.29, 1.82) is 0 Å². The van der Waals surface area contributed by atoms with E-state index in [0.717, 1.165) is 17.9 Å². The van der Waals surface area contributed by atoms with Gasteiger partial charge in [0, 0.05) is 6.04 Å². The molecule has 0 amide bonds. The summed E-state index contributed by atoms with van der Waals surface area (Å²) in [5, 5.41) is 0. The van der Waals surface area contributed by atoms with E-state index in [-0.39, 0.29) is 0 Å². The third-order valence-corrected chi connectivity index (χ3v) is 4.41. The van der Waals surface area contributed by atoms with E-state index in [1.54, 1.807) is 0 Å². The summed E-state index contributed by atoms with van der Waals surface area (Å²) in [5.41, 5.74) is 0. The zero-order valence-electron chi connectivity index (χ0n) is 10.1. The maximum absolute atomic E-state index is 3.92. The number of hydrogen-bond donors (Lipinski definition) is 0. The van der Waals surface area contributed by atoms with Gasteiger partial charge in [-0.25, -0.2) is 0 Å². The van der Waals surface area contributed by atoms with Crippen molar-refractivity contribution < 1.29 is 0 Å². The number of rotatable bonds is 2. The van der Waals surface area contributed by atoms with Gasteiger partial charge in [0.1, 0.15) is 0 Å². The summed E-state index contributed by atoms with van der Waals surface area (Å²) in [6.07, 6.45) is 10.6. The van der Waals surface area contributed by atoms with Crippen molar-refractivity contribution in [1.82, 2.24) is 4.90 Å². The van der Waals surface area contributed by atoms with Crippen LogP contribution in [0.15, 0.2) is 12.7 Å². The van der Waals surface area contributed by atoms with Gasteiger partial charge in [-0.3, -0.25) is 0 Å². The highest BCUT2D eigenvalue weighted by molar-refractivity contribution is 4.88. The van der Waals surface area contributed by atoms with Gasteiger partial charge in [0.05, 0.1) is 0 Å². The van der Waals surface area contributed by atoms with Crippen LogP contribution in [0, 0.1) is 11.8 Å². The molecule has 1 heterocycles. The van der Waals surface area contributed by atoms with E-state index in [1.165, 1.54) is 51.6 Å². The van der Waals surface area contributed by atoms with E-state index in [9.17, 15) is 0 Å². The van der Waals surface area contributed by atoms with Gasteiger partial charge < -0.3 is 4.90 Å². The molecule has 0 radical (unpaired) electrons. The van der Waals surface area contributed by atoms with Crippen molar-refractivity contribution in [2.45, 2.75) is 51.5 Å². The van der Waals surface area contributed by atoms with Crippen molar-refractivity contribution in [2.24, 2.45) is 11.8 Å². The molecular weight excluding hydrogens is 182 g/mol. The fraction of sp³-hybridized carbons (Fsp3) is 0.857. The molecule has 86 valence electrons. The molecule has 0 aromatic carbocycles. The molecule has 1 nitrogen and oxygen atoms in total. The maximum Gasteiger partial charge on any atom is 0.00956 e. The van der Waals surface area contributed by atoms with Crippen LogP contribution >= 0.6 is 0 Å². The van der Waals surface area contributed by atoms with Gasteiger partial charge in [-0.2, -0.15) is 0 Å². The van der Waals surface area contributed by atoms with Crippen LogP contribution in [-0.2, 0) is 0 Å². The molecule has 0 aromatic heterocycles. The highest BCUT2D eigenvalue weighted by atomic mass is 15.2. The molecule has 1 aliphatic heterocycles. The maximum atomic E-state index is 3.92. The van der Waals surface area contributed by atoms with Crippen LogP contribution in [-0.4, -0.2) is 24.0 Å². The van der Waals surface area contributed by atoms with Crippen LogP contribution in [0.5, 0.6) is 0 Å². The van der Waals surface area contributed by atoms with Crippen LogP contribution in [0.4, 0.5) is 0 Å². The number of nitrogens with zero attached hydrogens (tertiary/aromatic N) is 1. The van der Waals surface area contributed by atoms with E-state index in [1.807, 2.05) is 0 Å². The zero-order valence-corrected chi connectivity index (χ0v) is 10.1. The van der Waals surface area contributed by atoms with Crippen LogP contribution in [0.25, 0.3) is 0 Å². The summed E-state index contributed by atoms with van der Waals surface area (Å²) < 4.78 is 0. The Morgan fingerprint density at radius 3 is 2.13 bits per heavy atom. The number of likely N-dealkylation sites (tertiary alicyclic amines) is 1. The van der Waals surface area contributed by atoms with Gasteiger partial charge in [-0.1, -0.05) is 13.0 Å². The Kier molecular flexibility index (Phi) is 3.85. The van der Waals surface area contributed by atoms with E-state index in [4.69, 9.17) is 0 Å². The Balaban J connectivity index is 1.78. The number of allylic oxidation sites excluding steroid dienone is 1. The summed E-state index contributed by atoms with van der Waals surface area (Å²) in [6, 6.07) is 0.897. The summed E-state index contributed by atoms with van der Waals surface area (Å²) in [7, 11) is 0. The standard InChI is InChI=1S/C14H25N/c1-3-13-4-6-14(7-5-13)15-10-8-12(2)9-11-15/h3,12-14H,1,4-11H2,2H3. The molecule has 2 rings (SSSR count). The minimum Gasteiger partial charge on any atom is -0.300 e. The van der Waals surface area contributed by atoms with Gasteiger partial charge in [0.15, 0.2) is 0 Å². The second kappa shape index (κ2) is 5.16. The monoisotopic (exact) mass is 207 g/mol. The van der Waals surface area contributed by atoms with Crippen LogP contribution < -0.4 is 0 Å². The SMILES string of the molecule is C=CC1CCC(N2CCC(C)CC2)CC1. The molecular formula is C14H25N. The zero-order chi connectivity index (χ0) is 10.7. The largest absolute Gasteiger partial charge is 0.300 e. The summed E-state index contributed by atoms with van der Waals surface area (Å²) in [5.74, 6) is 1.77. The first-order valence-electron chi connectivity index (χ1n) is 6.66. The van der Waals surface area contributed by atoms with Gasteiger partial charge in [-0.05, 0) is 63.5 Å². The Morgan fingerprint density at radius 2 is 1.60 bits per heavy atom. The molecule has 1 saturated carbocycles. The van der Waals surface area contributed by atoms with E-state index >= 15 is 0 Å². The first kappa shape index (κ1) is 11.2. The first-order valence-corrected chi connectivity index (χ1v) is 6.66. The molecule has 1 saturated heterocycles. The Morgan fingerprint density at radius 1 is 1.00 bits per heavy atom. The van der Waals surface area contributed by atoms with Crippen molar-refractivity contribution in [2.75, 3.05) is 13.1 Å². The van der Waals surface area contributed by atoms with E-state index in [2.05, 4.69) is 24.5 Å². The lowest BCUT2D eigenvalue weighted by molar-refractivity contribution is 0.104. The summed E-state index contributed by atoms with van der Waals surface area (Å²) >= 11 is 0. The highest BCUT2D eigenvalue weighted by Crippen LogP contribution is 2.30. The van der Waals surface area contributed by atoms with Crippen LogP contribution in [0.1, 0.15) is 45.4 Å². The van der Waals surface area contributed by atoms with Crippen molar-refractivity contribution >= 4 is 0 Å². The molecule has 0 bridgehead atoms. The molecule has 0 aromatic rings. The second-order valence-corrected chi connectivity index (χ2v) is 5.52. The van der Waals surface area contributed by atoms with Crippen LogP contribution in [0.3, 0.4) is 0 Å². The second-order valence-electron chi connectivity index (χ2n) is 5.52. The van der Waals surface area contributed by atoms with Crippen LogP contribution in [0.2, 0.25) is 0 Å². The lowest BCUT2D eigenvalue weighted by atomic mass is 9.84. The third-order valence-electron chi connectivity index (χ3n) is 4.41. The van der Waals surface area contributed by atoms with E-state index in [0.29, 0.717) is 0 Å². The molecule has 15 heavy (non-hydrogen) atoms. The van der Waals surface area contributed by atoms with Gasteiger partial charge in [-0.15, -0.1) is 6.58 Å². The Labute approximate surface area is 94.5 Å². The molecule has 0 atom stereocenters. The Hall–Kier alpha value is -0.300. The lowest BCUT2D eigenvalue weighted by Crippen LogP contribution is -2.42. The van der Waals surface area contributed by atoms with E-state index < -0.39 is 0 Å². The smallest absolute Gasteiger partial charge is 0.00956 e. The van der Waals surface area contributed by atoms with Crippen molar-refractivity contribution in [3.05, 3.63) is 12.7 Å². The molecule has 0 N–H and O–H groups in total. The number of piperidine rings is 1. The predicted molar refractivity (Wildman–Crippen MR) is 65.9 cm³/mol. The molecule has 1 aliphatic carbocycles. The van der Waals surface area contributed by atoms with Gasteiger partial charge >= 0.3 is 0 Å². The van der Waals surface area contributed by atoms with Gasteiger partial charge in [0.2, 0.25) is 0 Å². The Bertz CT molecular complexity index is 195. The summed E-state index contributed by atoms with van der Waals surface area (Å²) in [6.45, 7) is 9.02. The predicted octanol–water partition coefficient (Wildman–Crippen LogP) is 3.46. The molecule has 0 spiro atoms. The molecule has 2 fully saturated rings. The molecule has 0 unspecified atom stereocenters. The quantitative estimate of drug-likeness (QED) is 0.627. The molecule has 2 aliphatic rings. The average Bonchev–Trinajstić information content (AvgIpc) is 2.30. The normalized spacial score (nSPS) is 35.3. The van der Waals surface area contributed by atoms with Crippen molar-refractivity contribution in [3.63, 3.8) is 0 Å². The first-order chi connectivity index (χ1) is 7.29. The number of hydrogen-bond acceptors (Lipinski definition) is 1. The topological polar surface area (TPSA) is 3.24 Å². The average molecular weight is 207 g/mol. The minimum absolute atomic E-state index is 0.810. The lowest BCUT2D eigenvalue weighted by Gasteiger charge is -2.39. The third kappa shape index (κ3) is 2.84. The molecule has 1 heteroatoms. The van der Waals surface area contributed by atoms with Gasteiger partial charge in [0.25, 0.3) is 0 Å². The minimum atomic E-state index is 0.810. The fourth-order valence-electron chi connectivity index (χ4n) is 3.10. The highest BCUT2D eigenvalue weighted by Gasteiger charge is 2.26. The fourth-order valence-corrected chi connectivity index (χ4v) is 3.10. The summed E-state index contributed by atoms with van der Waals surface area (Å²) in [4.78, 5) is 2.75.